The number of ether oxygens (including phenoxy) is 2. The Hall–Kier alpha value is -1.56. The average Bonchev–Trinajstić information content (AvgIpc) is 3.37. The first-order chi connectivity index (χ1) is 14.4. The van der Waals surface area contributed by atoms with Gasteiger partial charge in [0.1, 0.15) is 6.17 Å². The molecule has 2 aliphatic heterocycles. The Bertz CT molecular complexity index is 879. The van der Waals surface area contributed by atoms with Gasteiger partial charge in [0.25, 0.3) is 0 Å². The largest absolute Gasteiger partial charge is 0.353 e. The first-order valence-electron chi connectivity index (χ1n) is 10.6. The molecule has 0 aliphatic carbocycles. The van der Waals surface area contributed by atoms with E-state index in [1.165, 1.54) is 13.8 Å². The normalized spacial score (nSPS) is 23.8. The van der Waals surface area contributed by atoms with Crippen LogP contribution >= 0.6 is 0 Å². The number of carbonyl (C=O) groups is 1. The predicted octanol–water partition coefficient (Wildman–Crippen LogP) is 2.59. The highest BCUT2D eigenvalue weighted by atomic mass is 32.2. The van der Waals surface area contributed by atoms with Crippen LogP contribution in [0.5, 0.6) is 0 Å². The van der Waals surface area contributed by atoms with Crippen LogP contribution in [0.4, 0.5) is 10.3 Å². The molecule has 2 aliphatic rings. The van der Waals surface area contributed by atoms with Gasteiger partial charge in [-0.25, -0.2) is 12.8 Å². The van der Waals surface area contributed by atoms with Crippen LogP contribution in [0.3, 0.4) is 0 Å². The second kappa shape index (κ2) is 9.13. The lowest BCUT2D eigenvalue weighted by Gasteiger charge is -2.28. The number of alkyl halides is 1. The van der Waals surface area contributed by atoms with E-state index >= 15 is 0 Å². The minimum absolute atomic E-state index is 0.0371. The molecule has 11 heteroatoms. The van der Waals surface area contributed by atoms with Gasteiger partial charge in [-0.05, 0) is 39.5 Å². The van der Waals surface area contributed by atoms with Crippen molar-refractivity contribution in [3.63, 3.8) is 0 Å². The number of sulfonamides is 1. The van der Waals surface area contributed by atoms with Crippen molar-refractivity contribution in [2.24, 2.45) is 0 Å². The van der Waals surface area contributed by atoms with Gasteiger partial charge >= 0.3 is 0 Å². The maximum absolute atomic E-state index is 13.5. The Morgan fingerprint density at radius 2 is 2.06 bits per heavy atom. The topological polar surface area (TPSA) is 111 Å². The lowest BCUT2D eigenvalue weighted by Crippen LogP contribution is -2.51. The molecule has 2 saturated heterocycles. The number of nitrogens with one attached hydrogen (secondary N) is 1. The molecule has 176 valence electrons. The van der Waals surface area contributed by atoms with Crippen molar-refractivity contribution in [2.75, 3.05) is 31.6 Å². The molecule has 0 radical (unpaired) electrons. The third-order valence-electron chi connectivity index (χ3n) is 5.83. The van der Waals surface area contributed by atoms with E-state index in [9.17, 15) is 17.6 Å². The van der Waals surface area contributed by atoms with E-state index in [0.29, 0.717) is 18.9 Å². The van der Waals surface area contributed by atoms with Crippen LogP contribution in [-0.2, 0) is 29.7 Å². The summed E-state index contributed by atoms with van der Waals surface area (Å²) in [6.07, 6.45) is 1.63. The average molecular weight is 462 g/mol. The van der Waals surface area contributed by atoms with Gasteiger partial charge in [-0.2, -0.15) is 4.31 Å². The van der Waals surface area contributed by atoms with Crippen LogP contribution in [0.1, 0.15) is 59.1 Å². The third-order valence-corrected chi connectivity index (χ3v) is 8.32. The Morgan fingerprint density at radius 3 is 2.68 bits per heavy atom. The summed E-state index contributed by atoms with van der Waals surface area (Å²) >= 11 is 0. The molecule has 2 atom stereocenters. The zero-order valence-corrected chi connectivity index (χ0v) is 19.3. The Morgan fingerprint density at radius 1 is 1.32 bits per heavy atom. The fraction of sp³-hybridized carbons (Fsp3) is 0.800. The summed E-state index contributed by atoms with van der Waals surface area (Å²) < 4.78 is 55.1. The highest BCUT2D eigenvalue weighted by molar-refractivity contribution is 7.91. The number of aromatic nitrogens is 1. The molecule has 1 aromatic heterocycles. The van der Waals surface area contributed by atoms with E-state index in [1.54, 1.807) is 6.07 Å². The first-order valence-corrected chi connectivity index (χ1v) is 12.0. The summed E-state index contributed by atoms with van der Waals surface area (Å²) in [5.74, 6) is -0.739. The molecule has 0 saturated carbocycles. The summed E-state index contributed by atoms with van der Waals surface area (Å²) in [5, 5.41) is 6.50. The SMILES string of the molecule is CC(C)(COC1CCCCO1)c1cc(NC(=O)C(C)(C)S(=O)(=O)N2CC[C@@H](F)C2)on1. The van der Waals surface area contributed by atoms with Crippen molar-refractivity contribution in [2.45, 2.75) is 76.0 Å². The maximum atomic E-state index is 13.5. The summed E-state index contributed by atoms with van der Waals surface area (Å²) in [7, 11) is -4.05. The molecule has 2 fully saturated rings. The van der Waals surface area contributed by atoms with Gasteiger partial charge in [0.15, 0.2) is 11.0 Å². The van der Waals surface area contributed by atoms with Gasteiger partial charge in [-0.15, -0.1) is 0 Å². The molecule has 3 rings (SSSR count). The summed E-state index contributed by atoms with van der Waals surface area (Å²) in [6, 6.07) is 1.55. The zero-order chi connectivity index (χ0) is 22.9. The van der Waals surface area contributed by atoms with Crippen LogP contribution in [0, 0.1) is 0 Å². The Kier molecular flexibility index (Phi) is 7.09. The van der Waals surface area contributed by atoms with Gasteiger partial charge in [0, 0.05) is 31.2 Å². The molecule has 3 heterocycles. The van der Waals surface area contributed by atoms with E-state index in [-0.39, 0.29) is 31.7 Å². The van der Waals surface area contributed by atoms with Crippen molar-refractivity contribution in [3.8, 4) is 0 Å². The Balaban J connectivity index is 1.63. The molecule has 9 nitrogen and oxygen atoms in total. The number of amides is 1. The quantitative estimate of drug-likeness (QED) is 0.633. The number of nitrogens with zero attached hydrogens (tertiary/aromatic N) is 2. The van der Waals surface area contributed by atoms with E-state index in [4.69, 9.17) is 14.0 Å². The number of rotatable bonds is 8. The molecule has 0 bridgehead atoms. The minimum Gasteiger partial charge on any atom is -0.353 e. The smallest absolute Gasteiger partial charge is 0.249 e. The molecule has 31 heavy (non-hydrogen) atoms. The molecular weight excluding hydrogens is 429 g/mol. The fourth-order valence-corrected chi connectivity index (χ4v) is 5.11. The number of hydrogen-bond acceptors (Lipinski definition) is 7. The minimum atomic E-state index is -4.05. The second-order valence-electron chi connectivity index (χ2n) is 9.28. The summed E-state index contributed by atoms with van der Waals surface area (Å²) in [4.78, 5) is 12.8. The van der Waals surface area contributed by atoms with Crippen molar-refractivity contribution >= 4 is 21.8 Å². The summed E-state index contributed by atoms with van der Waals surface area (Å²) in [6.45, 7) is 7.30. The maximum Gasteiger partial charge on any atom is 0.249 e. The summed E-state index contributed by atoms with van der Waals surface area (Å²) in [5.41, 5.74) is 0.0414. The van der Waals surface area contributed by atoms with Gasteiger partial charge in [0.05, 0.1) is 12.3 Å². The first kappa shape index (κ1) is 24.1. The van der Waals surface area contributed by atoms with Crippen LogP contribution in [-0.4, -0.2) is 67.3 Å². The van der Waals surface area contributed by atoms with Gasteiger partial charge in [-0.1, -0.05) is 19.0 Å². The fourth-order valence-electron chi connectivity index (χ4n) is 3.48. The van der Waals surface area contributed by atoms with Crippen molar-refractivity contribution in [3.05, 3.63) is 11.8 Å². The predicted molar refractivity (Wildman–Crippen MR) is 112 cm³/mol. The molecule has 1 aromatic rings. The molecular formula is C20H32FN3O6S. The van der Waals surface area contributed by atoms with Crippen molar-refractivity contribution in [1.82, 2.24) is 9.46 Å². The highest BCUT2D eigenvalue weighted by Crippen LogP contribution is 2.30. The molecule has 1 amide bonds. The van der Waals surface area contributed by atoms with Gasteiger partial charge in [-0.3, -0.25) is 10.1 Å². The highest BCUT2D eigenvalue weighted by Gasteiger charge is 2.48. The monoisotopic (exact) mass is 461 g/mol. The van der Waals surface area contributed by atoms with Crippen LogP contribution in [0.2, 0.25) is 0 Å². The van der Waals surface area contributed by atoms with E-state index in [1.807, 2.05) is 13.8 Å². The lowest BCUT2D eigenvalue weighted by molar-refractivity contribution is -0.170. The molecule has 1 N–H and O–H groups in total. The molecule has 0 spiro atoms. The zero-order valence-electron chi connectivity index (χ0n) is 18.5. The number of halogens is 1. The molecule has 0 aromatic carbocycles. The number of carbonyl (C=O) groups excluding carboxylic acids is 1. The van der Waals surface area contributed by atoms with Crippen molar-refractivity contribution < 1.29 is 31.6 Å². The van der Waals surface area contributed by atoms with Gasteiger partial charge < -0.3 is 14.0 Å². The third kappa shape index (κ3) is 5.27. The van der Waals surface area contributed by atoms with Gasteiger partial charge in [0.2, 0.25) is 21.8 Å². The van der Waals surface area contributed by atoms with E-state index in [2.05, 4.69) is 10.5 Å². The van der Waals surface area contributed by atoms with Crippen LogP contribution < -0.4 is 5.32 Å². The van der Waals surface area contributed by atoms with Crippen molar-refractivity contribution in [1.29, 1.82) is 0 Å². The van der Waals surface area contributed by atoms with Crippen LogP contribution in [0.15, 0.2) is 10.6 Å². The van der Waals surface area contributed by atoms with E-state index < -0.39 is 32.3 Å². The second-order valence-corrected chi connectivity index (χ2v) is 11.8. The lowest BCUT2D eigenvalue weighted by atomic mass is 9.90. The Labute approximate surface area is 182 Å². The number of anilines is 1. The van der Waals surface area contributed by atoms with Crippen LogP contribution in [0.25, 0.3) is 0 Å². The standard InChI is InChI=1S/C20H32FN3O6S/c1-19(2,13-29-17-7-5-6-10-28-17)15-11-16(30-23-15)22-18(25)20(3,4)31(26,27)24-9-8-14(21)12-24/h11,14,17H,5-10,12-13H2,1-4H3,(H,22,25)/t14-,17?/m1/s1. The molecule has 1 unspecified atom stereocenters. The number of hydrogen-bond donors (Lipinski definition) is 1. The van der Waals surface area contributed by atoms with E-state index in [0.717, 1.165) is 23.6 Å².